The predicted octanol–water partition coefficient (Wildman–Crippen LogP) is 6.80. The van der Waals surface area contributed by atoms with Gasteiger partial charge >= 0.3 is 0 Å². The molecule has 0 aliphatic heterocycles. The molecule has 4 aromatic rings. The lowest BCUT2D eigenvalue weighted by Gasteiger charge is -2.09. The van der Waals surface area contributed by atoms with Gasteiger partial charge in [0, 0.05) is 33.3 Å². The SMILES string of the molecule is Cc1c(Cl)cccc1NC(=O)/C(C#N)=C/c1ccc(Sc2cccc3cccnc23)c([N+](=O)[O-])c1. The lowest BCUT2D eigenvalue weighted by Crippen LogP contribution is -2.14. The van der Waals surface area contributed by atoms with Crippen LogP contribution in [0.2, 0.25) is 5.02 Å². The molecule has 1 amide bonds. The summed E-state index contributed by atoms with van der Waals surface area (Å²) in [6.07, 6.45) is 2.99. The molecule has 0 atom stereocenters. The van der Waals surface area contributed by atoms with Crippen molar-refractivity contribution < 1.29 is 9.72 Å². The van der Waals surface area contributed by atoms with Crippen LogP contribution in [0.3, 0.4) is 0 Å². The molecule has 1 aromatic heterocycles. The number of hydrogen-bond acceptors (Lipinski definition) is 6. The summed E-state index contributed by atoms with van der Waals surface area (Å²) in [7, 11) is 0. The number of nitriles is 1. The minimum atomic E-state index is -0.638. The molecule has 7 nitrogen and oxygen atoms in total. The maximum atomic E-state index is 12.7. The van der Waals surface area contributed by atoms with Crippen LogP contribution in [-0.4, -0.2) is 15.8 Å². The number of pyridine rings is 1. The number of fused-ring (bicyclic) bond motifs is 1. The van der Waals surface area contributed by atoms with Gasteiger partial charge in [0.05, 0.1) is 15.3 Å². The number of carbonyl (C=O) groups is 1. The summed E-state index contributed by atoms with van der Waals surface area (Å²) in [6.45, 7) is 1.75. The van der Waals surface area contributed by atoms with Gasteiger partial charge in [-0.1, -0.05) is 53.7 Å². The molecule has 0 bridgehead atoms. The Morgan fingerprint density at radius 1 is 1.14 bits per heavy atom. The van der Waals surface area contributed by atoms with Gasteiger partial charge < -0.3 is 5.32 Å². The summed E-state index contributed by atoms with van der Waals surface area (Å²) in [5, 5.41) is 25.4. The van der Waals surface area contributed by atoms with Crippen molar-refractivity contribution in [2.24, 2.45) is 0 Å². The number of rotatable bonds is 6. The van der Waals surface area contributed by atoms with Crippen molar-refractivity contribution >= 4 is 57.6 Å². The summed E-state index contributed by atoms with van der Waals surface area (Å²) in [4.78, 5) is 29.6. The van der Waals surface area contributed by atoms with E-state index in [9.17, 15) is 20.2 Å². The van der Waals surface area contributed by atoms with Crippen LogP contribution < -0.4 is 5.32 Å². The van der Waals surface area contributed by atoms with Crippen molar-refractivity contribution in [1.82, 2.24) is 4.98 Å². The van der Waals surface area contributed by atoms with Crippen molar-refractivity contribution in [1.29, 1.82) is 5.26 Å². The van der Waals surface area contributed by atoms with Gasteiger partial charge in [0.1, 0.15) is 11.6 Å². The Morgan fingerprint density at radius 2 is 1.91 bits per heavy atom. The van der Waals surface area contributed by atoms with Crippen molar-refractivity contribution in [2.75, 3.05) is 5.32 Å². The number of para-hydroxylation sites is 1. The van der Waals surface area contributed by atoms with Crippen LogP contribution in [-0.2, 0) is 4.79 Å². The van der Waals surface area contributed by atoms with E-state index in [4.69, 9.17) is 11.6 Å². The Bertz CT molecular complexity index is 1540. The number of aromatic nitrogens is 1. The van der Waals surface area contributed by atoms with Crippen LogP contribution in [0, 0.1) is 28.4 Å². The van der Waals surface area contributed by atoms with Crippen molar-refractivity contribution in [2.45, 2.75) is 16.7 Å². The number of amides is 1. The highest BCUT2D eigenvalue weighted by Crippen LogP contribution is 2.38. The van der Waals surface area contributed by atoms with Crippen LogP contribution in [0.1, 0.15) is 11.1 Å². The molecule has 0 aliphatic carbocycles. The zero-order valence-corrected chi connectivity index (χ0v) is 19.9. The van der Waals surface area contributed by atoms with E-state index in [0.717, 1.165) is 15.8 Å². The van der Waals surface area contributed by atoms with Gasteiger partial charge in [-0.15, -0.1) is 0 Å². The number of carbonyl (C=O) groups excluding carboxylic acids is 1. The molecule has 172 valence electrons. The Kier molecular flexibility index (Phi) is 7.11. The molecule has 0 aliphatic rings. The minimum absolute atomic E-state index is 0.139. The molecule has 1 N–H and O–H groups in total. The molecule has 4 rings (SSSR count). The first-order valence-corrected chi connectivity index (χ1v) is 11.5. The maximum Gasteiger partial charge on any atom is 0.283 e. The van der Waals surface area contributed by atoms with Gasteiger partial charge in [0.2, 0.25) is 0 Å². The van der Waals surface area contributed by atoms with E-state index in [-0.39, 0.29) is 11.3 Å². The van der Waals surface area contributed by atoms with E-state index < -0.39 is 10.8 Å². The first kappa shape index (κ1) is 24.0. The highest BCUT2D eigenvalue weighted by atomic mass is 35.5. The van der Waals surface area contributed by atoms with Gasteiger partial charge in [-0.2, -0.15) is 5.26 Å². The summed E-state index contributed by atoms with van der Waals surface area (Å²) in [5.74, 6) is -0.638. The number of halogens is 1. The molecular weight excluding hydrogens is 484 g/mol. The molecular formula is C26H17ClN4O3S. The topological polar surface area (TPSA) is 109 Å². The molecule has 0 saturated heterocycles. The smallest absolute Gasteiger partial charge is 0.283 e. The molecule has 0 spiro atoms. The fourth-order valence-corrected chi connectivity index (χ4v) is 4.58. The van der Waals surface area contributed by atoms with Crippen LogP contribution in [0.25, 0.3) is 17.0 Å². The second kappa shape index (κ2) is 10.4. The van der Waals surface area contributed by atoms with E-state index in [2.05, 4.69) is 10.3 Å². The van der Waals surface area contributed by atoms with Crippen LogP contribution in [0.15, 0.2) is 88.3 Å². The van der Waals surface area contributed by atoms with Crippen LogP contribution in [0.5, 0.6) is 0 Å². The van der Waals surface area contributed by atoms with Crippen LogP contribution in [0.4, 0.5) is 11.4 Å². The molecule has 3 aromatic carbocycles. The normalized spacial score (nSPS) is 11.2. The molecule has 0 fully saturated rings. The Hall–Kier alpha value is -4.19. The van der Waals surface area contributed by atoms with Crippen molar-refractivity contribution in [3.05, 3.63) is 105 Å². The highest BCUT2D eigenvalue weighted by molar-refractivity contribution is 7.99. The lowest BCUT2D eigenvalue weighted by molar-refractivity contribution is -0.387. The zero-order chi connectivity index (χ0) is 24.9. The quantitative estimate of drug-likeness (QED) is 0.135. The van der Waals surface area contributed by atoms with Crippen molar-refractivity contribution in [3.8, 4) is 6.07 Å². The van der Waals surface area contributed by atoms with E-state index in [1.54, 1.807) is 43.5 Å². The fraction of sp³-hybridized carbons (Fsp3) is 0.0385. The maximum absolute atomic E-state index is 12.7. The molecule has 0 radical (unpaired) electrons. The summed E-state index contributed by atoms with van der Waals surface area (Å²) >= 11 is 7.33. The summed E-state index contributed by atoms with van der Waals surface area (Å²) < 4.78 is 0. The van der Waals surface area contributed by atoms with Gasteiger partial charge in [-0.05, 0) is 54.5 Å². The van der Waals surface area contributed by atoms with Gasteiger partial charge in [-0.25, -0.2) is 0 Å². The molecule has 1 heterocycles. The van der Waals surface area contributed by atoms with Crippen LogP contribution >= 0.6 is 23.4 Å². The number of benzene rings is 3. The van der Waals surface area contributed by atoms with Crippen molar-refractivity contribution in [3.63, 3.8) is 0 Å². The Labute approximate surface area is 210 Å². The number of nitrogens with zero attached hydrogens (tertiary/aromatic N) is 3. The number of nitrogens with one attached hydrogen (secondary N) is 1. The van der Waals surface area contributed by atoms with E-state index >= 15 is 0 Å². The third-order valence-electron chi connectivity index (χ3n) is 5.19. The molecule has 0 unspecified atom stereocenters. The standard InChI is InChI=1S/C26H17ClN4O3S/c1-16-20(27)7-3-8-21(16)30-26(32)19(15-28)13-17-10-11-23(22(14-17)31(33)34)35-24-9-2-5-18-6-4-12-29-25(18)24/h2-14H,1H3,(H,30,32)/b19-13+. The first-order valence-electron chi connectivity index (χ1n) is 10.4. The van der Waals surface area contributed by atoms with E-state index in [1.807, 2.05) is 36.4 Å². The molecule has 35 heavy (non-hydrogen) atoms. The Balaban J connectivity index is 1.64. The van der Waals surface area contributed by atoms with E-state index in [1.165, 1.54) is 23.9 Å². The number of anilines is 1. The highest BCUT2D eigenvalue weighted by Gasteiger charge is 2.18. The van der Waals surface area contributed by atoms with Gasteiger partial charge in [0.25, 0.3) is 11.6 Å². The fourth-order valence-electron chi connectivity index (χ4n) is 3.38. The Morgan fingerprint density at radius 3 is 2.69 bits per heavy atom. The minimum Gasteiger partial charge on any atom is -0.321 e. The summed E-state index contributed by atoms with van der Waals surface area (Å²) in [5.41, 5.74) is 1.91. The second-order valence-electron chi connectivity index (χ2n) is 7.45. The zero-order valence-electron chi connectivity index (χ0n) is 18.4. The number of nitro benzene ring substituents is 1. The number of nitro groups is 1. The summed E-state index contributed by atoms with van der Waals surface area (Å²) in [6, 6.07) is 20.9. The largest absolute Gasteiger partial charge is 0.321 e. The second-order valence-corrected chi connectivity index (χ2v) is 8.94. The molecule has 9 heteroatoms. The third kappa shape index (κ3) is 5.32. The average molecular weight is 501 g/mol. The third-order valence-corrected chi connectivity index (χ3v) is 6.71. The van der Waals surface area contributed by atoms with E-state index in [0.29, 0.717) is 26.7 Å². The predicted molar refractivity (Wildman–Crippen MR) is 137 cm³/mol. The average Bonchev–Trinajstić information content (AvgIpc) is 2.86. The van der Waals surface area contributed by atoms with Gasteiger partial charge in [0.15, 0.2) is 0 Å². The van der Waals surface area contributed by atoms with Gasteiger partial charge in [-0.3, -0.25) is 19.9 Å². The first-order chi connectivity index (χ1) is 16.9. The number of hydrogen-bond donors (Lipinski definition) is 1. The monoisotopic (exact) mass is 500 g/mol. The molecule has 0 saturated carbocycles. The lowest BCUT2D eigenvalue weighted by atomic mass is 10.1.